The third-order valence-electron chi connectivity index (χ3n) is 3.41. The first-order valence-corrected chi connectivity index (χ1v) is 7.09. The molecule has 0 saturated carbocycles. The normalized spacial score (nSPS) is 15.0. The molecule has 0 amide bonds. The summed E-state index contributed by atoms with van der Waals surface area (Å²) in [5.74, 6) is -0.942. The van der Waals surface area contributed by atoms with Gasteiger partial charge in [0.25, 0.3) is 5.69 Å². The van der Waals surface area contributed by atoms with Crippen LogP contribution in [0.2, 0.25) is 0 Å². The van der Waals surface area contributed by atoms with Crippen molar-refractivity contribution < 1.29 is 23.6 Å². The summed E-state index contributed by atoms with van der Waals surface area (Å²) in [6.07, 6.45) is 1.32. The number of halogens is 1. The van der Waals surface area contributed by atoms with Crippen LogP contribution in [0, 0.1) is 15.9 Å². The van der Waals surface area contributed by atoms with E-state index in [1.54, 1.807) is 6.07 Å². The first-order chi connectivity index (χ1) is 12.0. The van der Waals surface area contributed by atoms with E-state index in [0.717, 1.165) is 0 Å². The molecule has 2 aromatic carbocycles. The van der Waals surface area contributed by atoms with Gasteiger partial charge in [0.1, 0.15) is 11.6 Å². The Balaban J connectivity index is 2.02. The predicted octanol–water partition coefficient (Wildman–Crippen LogP) is 3.09. The van der Waals surface area contributed by atoms with Gasteiger partial charge in [0, 0.05) is 23.3 Å². The van der Waals surface area contributed by atoms with E-state index in [0.29, 0.717) is 16.9 Å². The second kappa shape index (κ2) is 6.52. The highest BCUT2D eigenvalue weighted by Gasteiger charge is 2.25. The Hall–Kier alpha value is -3.55. The Morgan fingerprint density at radius 1 is 1.28 bits per heavy atom. The fourth-order valence-corrected chi connectivity index (χ4v) is 2.25. The number of nitro groups is 1. The highest BCUT2D eigenvalue weighted by atomic mass is 19.1. The van der Waals surface area contributed by atoms with E-state index in [4.69, 9.17) is 9.47 Å². The standard InChI is InChI=1S/C17H11FN2O5/c1-24-15-6-5-13(20(22)23)8-11(15)9-14-17(21)25-16(19-14)10-3-2-4-12(18)7-10/h2-9H,1H3/b14-9-. The van der Waals surface area contributed by atoms with Crippen molar-refractivity contribution >= 4 is 23.6 Å². The van der Waals surface area contributed by atoms with Gasteiger partial charge < -0.3 is 9.47 Å². The number of benzene rings is 2. The molecule has 0 saturated heterocycles. The topological polar surface area (TPSA) is 91.0 Å². The summed E-state index contributed by atoms with van der Waals surface area (Å²) in [6, 6.07) is 9.42. The van der Waals surface area contributed by atoms with Crippen LogP contribution in [-0.4, -0.2) is 23.9 Å². The van der Waals surface area contributed by atoms with Crippen molar-refractivity contribution in [2.75, 3.05) is 7.11 Å². The van der Waals surface area contributed by atoms with Gasteiger partial charge in [0.15, 0.2) is 5.70 Å². The number of carbonyl (C=O) groups excluding carboxylic acids is 1. The van der Waals surface area contributed by atoms with Crippen molar-refractivity contribution in [1.29, 1.82) is 0 Å². The molecule has 0 aliphatic carbocycles. The average molecular weight is 342 g/mol. The maximum absolute atomic E-state index is 13.3. The summed E-state index contributed by atoms with van der Waals surface area (Å²) >= 11 is 0. The lowest BCUT2D eigenvalue weighted by molar-refractivity contribution is -0.384. The first-order valence-electron chi connectivity index (χ1n) is 7.09. The molecule has 0 unspecified atom stereocenters. The Morgan fingerprint density at radius 3 is 2.76 bits per heavy atom. The molecule has 0 radical (unpaired) electrons. The third kappa shape index (κ3) is 3.37. The lowest BCUT2D eigenvalue weighted by atomic mass is 10.1. The Kier molecular flexibility index (Phi) is 4.25. The summed E-state index contributed by atoms with van der Waals surface area (Å²) in [5, 5.41) is 10.9. The summed E-state index contributed by atoms with van der Waals surface area (Å²) in [7, 11) is 1.40. The van der Waals surface area contributed by atoms with Crippen molar-refractivity contribution in [2.45, 2.75) is 0 Å². The number of cyclic esters (lactones) is 1. The van der Waals surface area contributed by atoms with Gasteiger partial charge in [-0.15, -0.1) is 0 Å². The van der Waals surface area contributed by atoms with Crippen molar-refractivity contribution in [2.24, 2.45) is 4.99 Å². The quantitative estimate of drug-likeness (QED) is 0.368. The molecule has 8 heteroatoms. The number of aliphatic imine (C=N–C) groups is 1. The zero-order valence-electron chi connectivity index (χ0n) is 12.9. The van der Waals surface area contributed by atoms with E-state index in [1.807, 2.05) is 0 Å². The summed E-state index contributed by atoms with van der Waals surface area (Å²) in [5.41, 5.74) is 0.377. The van der Waals surface area contributed by atoms with E-state index in [2.05, 4.69) is 4.99 Å². The highest BCUT2D eigenvalue weighted by molar-refractivity contribution is 6.13. The van der Waals surface area contributed by atoms with Gasteiger partial charge in [-0.05, 0) is 30.3 Å². The molecule has 1 aliphatic heterocycles. The predicted molar refractivity (Wildman–Crippen MR) is 86.7 cm³/mol. The number of hydrogen-bond donors (Lipinski definition) is 0. The molecule has 0 fully saturated rings. The molecule has 0 bridgehead atoms. The monoisotopic (exact) mass is 342 g/mol. The molecule has 1 aliphatic rings. The SMILES string of the molecule is COc1ccc([N+](=O)[O-])cc1/C=C1\N=C(c2cccc(F)c2)OC1=O. The van der Waals surface area contributed by atoms with Gasteiger partial charge in [-0.3, -0.25) is 10.1 Å². The number of esters is 1. The summed E-state index contributed by atoms with van der Waals surface area (Å²) < 4.78 is 23.5. The maximum Gasteiger partial charge on any atom is 0.363 e. The van der Waals surface area contributed by atoms with Crippen molar-refractivity contribution in [3.8, 4) is 5.75 Å². The Labute approximate surface area is 141 Å². The Bertz CT molecular complexity index is 936. The summed E-state index contributed by atoms with van der Waals surface area (Å²) in [4.78, 5) is 26.4. The van der Waals surface area contributed by atoms with Crippen LogP contribution in [0.15, 0.2) is 53.2 Å². The maximum atomic E-state index is 13.3. The molecule has 0 atom stereocenters. The van der Waals surface area contributed by atoms with Crippen LogP contribution in [-0.2, 0) is 9.53 Å². The number of non-ortho nitro benzene ring substituents is 1. The number of methoxy groups -OCH3 is 1. The second-order valence-corrected chi connectivity index (χ2v) is 5.03. The molecular formula is C17H11FN2O5. The molecule has 126 valence electrons. The van der Waals surface area contributed by atoms with E-state index in [-0.39, 0.29) is 17.3 Å². The number of rotatable bonds is 4. The average Bonchev–Trinajstić information content (AvgIpc) is 2.95. The largest absolute Gasteiger partial charge is 0.496 e. The number of nitro benzene ring substituents is 1. The molecule has 7 nitrogen and oxygen atoms in total. The van der Waals surface area contributed by atoms with Crippen LogP contribution in [0.5, 0.6) is 5.75 Å². The molecular weight excluding hydrogens is 331 g/mol. The van der Waals surface area contributed by atoms with E-state index >= 15 is 0 Å². The molecule has 2 aromatic rings. The zero-order chi connectivity index (χ0) is 18.0. The van der Waals surface area contributed by atoms with Crippen LogP contribution < -0.4 is 4.74 Å². The summed E-state index contributed by atoms with van der Waals surface area (Å²) in [6.45, 7) is 0. The van der Waals surface area contributed by atoms with Crippen LogP contribution in [0.3, 0.4) is 0 Å². The van der Waals surface area contributed by atoms with Crippen molar-refractivity contribution in [3.63, 3.8) is 0 Å². The van der Waals surface area contributed by atoms with Gasteiger partial charge in [-0.2, -0.15) is 0 Å². The first kappa shape index (κ1) is 16.3. The molecule has 3 rings (SSSR count). The smallest absolute Gasteiger partial charge is 0.363 e. The van der Waals surface area contributed by atoms with Crippen molar-refractivity contribution in [1.82, 2.24) is 0 Å². The molecule has 1 heterocycles. The van der Waals surface area contributed by atoms with Crippen LogP contribution in [0.25, 0.3) is 6.08 Å². The van der Waals surface area contributed by atoms with Crippen LogP contribution >= 0.6 is 0 Å². The van der Waals surface area contributed by atoms with Gasteiger partial charge >= 0.3 is 5.97 Å². The molecule has 0 aromatic heterocycles. The van der Waals surface area contributed by atoms with Gasteiger partial charge in [0.2, 0.25) is 5.90 Å². The van der Waals surface area contributed by atoms with Crippen LogP contribution in [0.1, 0.15) is 11.1 Å². The zero-order valence-corrected chi connectivity index (χ0v) is 12.9. The van der Waals surface area contributed by atoms with E-state index in [1.165, 1.54) is 49.6 Å². The second-order valence-electron chi connectivity index (χ2n) is 5.03. The lowest BCUT2D eigenvalue weighted by Crippen LogP contribution is -2.05. The van der Waals surface area contributed by atoms with E-state index in [9.17, 15) is 19.3 Å². The van der Waals surface area contributed by atoms with Gasteiger partial charge in [0.05, 0.1) is 12.0 Å². The van der Waals surface area contributed by atoms with Crippen molar-refractivity contribution in [3.05, 3.63) is 75.2 Å². The minimum absolute atomic E-state index is 0.0415. The fraction of sp³-hybridized carbons (Fsp3) is 0.0588. The van der Waals surface area contributed by atoms with Gasteiger partial charge in [-0.25, -0.2) is 14.2 Å². The third-order valence-corrected chi connectivity index (χ3v) is 3.41. The minimum Gasteiger partial charge on any atom is -0.496 e. The molecule has 0 N–H and O–H groups in total. The van der Waals surface area contributed by atoms with Gasteiger partial charge in [-0.1, -0.05) is 6.07 Å². The lowest BCUT2D eigenvalue weighted by Gasteiger charge is -2.04. The fourth-order valence-electron chi connectivity index (χ4n) is 2.25. The number of hydrogen-bond acceptors (Lipinski definition) is 6. The highest BCUT2D eigenvalue weighted by Crippen LogP contribution is 2.28. The van der Waals surface area contributed by atoms with E-state index < -0.39 is 16.7 Å². The molecule has 0 spiro atoms. The van der Waals surface area contributed by atoms with Crippen LogP contribution in [0.4, 0.5) is 10.1 Å². The molecule has 25 heavy (non-hydrogen) atoms. The number of nitrogens with zero attached hydrogens (tertiary/aromatic N) is 2. The number of carbonyl (C=O) groups is 1. The Morgan fingerprint density at radius 2 is 2.08 bits per heavy atom. The number of ether oxygens (including phenoxy) is 2. The minimum atomic E-state index is -0.743.